The summed E-state index contributed by atoms with van der Waals surface area (Å²) in [5, 5.41) is 9.14. The standard InChI is InChI=1S/C15H18FNO3/c16-12-7-4-11(5-8-12)6-9-14(18)17-10-2-1-3-13(17)15(19)20/h4-5,7-8,13H,1-3,6,9-10H2,(H,19,20). The number of carbonyl (C=O) groups excluding carboxylic acids is 1. The van der Waals surface area contributed by atoms with Crippen molar-refractivity contribution in [1.29, 1.82) is 0 Å². The third-order valence-electron chi connectivity index (χ3n) is 3.65. The van der Waals surface area contributed by atoms with Crippen LogP contribution in [0.3, 0.4) is 0 Å². The molecule has 1 saturated heterocycles. The molecule has 2 rings (SSSR count). The summed E-state index contributed by atoms with van der Waals surface area (Å²) < 4.78 is 12.8. The lowest BCUT2D eigenvalue weighted by Gasteiger charge is -2.33. The summed E-state index contributed by atoms with van der Waals surface area (Å²) >= 11 is 0. The zero-order valence-electron chi connectivity index (χ0n) is 11.2. The van der Waals surface area contributed by atoms with Crippen LogP contribution >= 0.6 is 0 Å². The largest absolute Gasteiger partial charge is 0.480 e. The van der Waals surface area contributed by atoms with E-state index in [9.17, 15) is 14.0 Å². The van der Waals surface area contributed by atoms with Crippen molar-refractivity contribution in [3.8, 4) is 0 Å². The second kappa shape index (κ2) is 6.50. The van der Waals surface area contributed by atoms with E-state index < -0.39 is 12.0 Å². The van der Waals surface area contributed by atoms with Crippen molar-refractivity contribution in [3.05, 3.63) is 35.6 Å². The van der Waals surface area contributed by atoms with Crippen LogP contribution in [0, 0.1) is 5.82 Å². The van der Waals surface area contributed by atoms with Crippen molar-refractivity contribution in [2.45, 2.75) is 38.1 Å². The lowest BCUT2D eigenvalue weighted by Crippen LogP contribution is -2.48. The summed E-state index contributed by atoms with van der Waals surface area (Å²) in [7, 11) is 0. The Kier molecular flexibility index (Phi) is 4.71. The number of piperidine rings is 1. The van der Waals surface area contributed by atoms with Gasteiger partial charge in [-0.05, 0) is 43.4 Å². The molecular weight excluding hydrogens is 261 g/mol. The minimum atomic E-state index is -0.931. The number of amides is 1. The highest BCUT2D eigenvalue weighted by atomic mass is 19.1. The Morgan fingerprint density at radius 2 is 1.95 bits per heavy atom. The van der Waals surface area contributed by atoms with Crippen LogP contribution in [0.5, 0.6) is 0 Å². The van der Waals surface area contributed by atoms with Gasteiger partial charge in [-0.25, -0.2) is 9.18 Å². The summed E-state index contributed by atoms with van der Waals surface area (Å²) in [6.45, 7) is 0.513. The Morgan fingerprint density at radius 1 is 1.25 bits per heavy atom. The molecule has 0 spiro atoms. The highest BCUT2D eigenvalue weighted by Crippen LogP contribution is 2.19. The van der Waals surface area contributed by atoms with Crippen LogP contribution in [0.2, 0.25) is 0 Å². The minimum Gasteiger partial charge on any atom is -0.480 e. The number of nitrogens with zero attached hydrogens (tertiary/aromatic N) is 1. The van der Waals surface area contributed by atoms with Crippen molar-refractivity contribution in [3.63, 3.8) is 0 Å². The molecule has 1 atom stereocenters. The van der Waals surface area contributed by atoms with Gasteiger partial charge in [0.05, 0.1) is 0 Å². The van der Waals surface area contributed by atoms with E-state index in [1.807, 2.05) is 0 Å². The first-order valence-electron chi connectivity index (χ1n) is 6.84. The minimum absolute atomic E-state index is 0.138. The van der Waals surface area contributed by atoms with E-state index in [2.05, 4.69) is 0 Å². The molecule has 4 nitrogen and oxygen atoms in total. The van der Waals surface area contributed by atoms with Crippen LogP contribution in [-0.2, 0) is 16.0 Å². The molecule has 0 saturated carbocycles. The van der Waals surface area contributed by atoms with Gasteiger partial charge >= 0.3 is 5.97 Å². The van der Waals surface area contributed by atoms with Crippen molar-refractivity contribution in [2.75, 3.05) is 6.54 Å². The first-order valence-corrected chi connectivity index (χ1v) is 6.84. The molecule has 1 aliphatic rings. The summed E-state index contributed by atoms with van der Waals surface area (Å²) in [4.78, 5) is 24.8. The smallest absolute Gasteiger partial charge is 0.326 e. The van der Waals surface area contributed by atoms with E-state index >= 15 is 0 Å². The molecule has 0 radical (unpaired) electrons. The number of aryl methyl sites for hydroxylation is 1. The maximum Gasteiger partial charge on any atom is 0.326 e. The number of carboxylic acids is 1. The van der Waals surface area contributed by atoms with Crippen LogP contribution in [0.4, 0.5) is 4.39 Å². The third-order valence-corrected chi connectivity index (χ3v) is 3.65. The molecule has 1 amide bonds. The van der Waals surface area contributed by atoms with Gasteiger partial charge in [-0.2, -0.15) is 0 Å². The normalized spacial score (nSPS) is 18.9. The average Bonchev–Trinajstić information content (AvgIpc) is 2.46. The van der Waals surface area contributed by atoms with Crippen molar-refractivity contribution in [1.82, 2.24) is 4.90 Å². The molecular formula is C15H18FNO3. The van der Waals surface area contributed by atoms with E-state index in [0.29, 0.717) is 19.4 Å². The molecule has 108 valence electrons. The van der Waals surface area contributed by atoms with E-state index in [4.69, 9.17) is 5.11 Å². The molecule has 1 fully saturated rings. The van der Waals surface area contributed by atoms with Gasteiger partial charge in [0.25, 0.3) is 0 Å². The molecule has 1 unspecified atom stereocenters. The van der Waals surface area contributed by atoms with Crippen molar-refractivity contribution in [2.24, 2.45) is 0 Å². The molecule has 5 heteroatoms. The third kappa shape index (κ3) is 3.56. The molecule has 1 aliphatic heterocycles. The molecule has 1 heterocycles. The lowest BCUT2D eigenvalue weighted by atomic mass is 10.0. The zero-order chi connectivity index (χ0) is 14.5. The van der Waals surface area contributed by atoms with Gasteiger partial charge in [-0.3, -0.25) is 4.79 Å². The van der Waals surface area contributed by atoms with Crippen LogP contribution in [0.1, 0.15) is 31.2 Å². The highest BCUT2D eigenvalue weighted by molar-refractivity contribution is 5.84. The fourth-order valence-corrected chi connectivity index (χ4v) is 2.53. The first-order chi connectivity index (χ1) is 9.58. The Balaban J connectivity index is 1.93. The number of hydrogen-bond donors (Lipinski definition) is 1. The number of aliphatic carboxylic acids is 1. The Morgan fingerprint density at radius 3 is 2.60 bits per heavy atom. The Bertz CT molecular complexity index is 486. The predicted molar refractivity (Wildman–Crippen MR) is 71.7 cm³/mol. The Hall–Kier alpha value is -1.91. The maximum atomic E-state index is 12.8. The monoisotopic (exact) mass is 279 g/mol. The molecule has 0 bridgehead atoms. The second-order valence-corrected chi connectivity index (χ2v) is 5.06. The number of hydrogen-bond acceptors (Lipinski definition) is 2. The molecule has 0 aromatic heterocycles. The topological polar surface area (TPSA) is 57.6 Å². The van der Waals surface area contributed by atoms with Gasteiger partial charge in [-0.15, -0.1) is 0 Å². The van der Waals surface area contributed by atoms with Gasteiger partial charge in [0.15, 0.2) is 0 Å². The van der Waals surface area contributed by atoms with Gasteiger partial charge in [-0.1, -0.05) is 12.1 Å². The number of halogens is 1. The fraction of sp³-hybridized carbons (Fsp3) is 0.467. The van der Waals surface area contributed by atoms with Crippen LogP contribution < -0.4 is 0 Å². The van der Waals surface area contributed by atoms with Gasteiger partial charge in [0.2, 0.25) is 5.91 Å². The fourth-order valence-electron chi connectivity index (χ4n) is 2.53. The Labute approximate surface area is 117 Å². The molecule has 1 N–H and O–H groups in total. The number of rotatable bonds is 4. The van der Waals surface area contributed by atoms with Crippen LogP contribution in [0.15, 0.2) is 24.3 Å². The van der Waals surface area contributed by atoms with E-state index in [1.54, 1.807) is 12.1 Å². The van der Waals surface area contributed by atoms with Crippen LogP contribution in [0.25, 0.3) is 0 Å². The van der Waals surface area contributed by atoms with E-state index in [-0.39, 0.29) is 18.1 Å². The first kappa shape index (κ1) is 14.5. The highest BCUT2D eigenvalue weighted by Gasteiger charge is 2.31. The van der Waals surface area contributed by atoms with Crippen molar-refractivity contribution < 1.29 is 19.1 Å². The molecule has 20 heavy (non-hydrogen) atoms. The van der Waals surface area contributed by atoms with Gasteiger partial charge in [0, 0.05) is 13.0 Å². The van der Waals surface area contributed by atoms with Crippen molar-refractivity contribution >= 4 is 11.9 Å². The number of carbonyl (C=O) groups is 2. The SMILES string of the molecule is O=C(O)C1CCCCN1C(=O)CCc1ccc(F)cc1. The number of benzene rings is 1. The summed E-state index contributed by atoms with van der Waals surface area (Å²) in [6, 6.07) is 5.33. The lowest BCUT2D eigenvalue weighted by molar-refractivity contribution is -0.152. The predicted octanol–water partition coefficient (Wildman–Crippen LogP) is 2.22. The average molecular weight is 279 g/mol. The van der Waals surface area contributed by atoms with E-state index in [1.165, 1.54) is 17.0 Å². The zero-order valence-corrected chi connectivity index (χ0v) is 11.2. The van der Waals surface area contributed by atoms with Crippen LogP contribution in [-0.4, -0.2) is 34.5 Å². The quantitative estimate of drug-likeness (QED) is 0.919. The van der Waals surface area contributed by atoms with E-state index in [0.717, 1.165) is 18.4 Å². The number of carboxylic acid groups (broad SMARTS) is 1. The maximum absolute atomic E-state index is 12.8. The molecule has 1 aromatic carbocycles. The summed E-state index contributed by atoms with van der Waals surface area (Å²) in [5.41, 5.74) is 0.878. The van der Waals surface area contributed by atoms with Gasteiger partial charge in [0.1, 0.15) is 11.9 Å². The second-order valence-electron chi connectivity index (χ2n) is 5.06. The summed E-state index contributed by atoms with van der Waals surface area (Å²) in [6.07, 6.45) is 2.99. The molecule has 0 aliphatic carbocycles. The summed E-state index contributed by atoms with van der Waals surface area (Å²) in [5.74, 6) is -1.37. The number of likely N-dealkylation sites (tertiary alicyclic amines) is 1. The van der Waals surface area contributed by atoms with Gasteiger partial charge < -0.3 is 10.0 Å². The molecule has 1 aromatic rings.